The van der Waals surface area contributed by atoms with Gasteiger partial charge in [-0.05, 0) is 29.2 Å². The molecule has 0 spiro atoms. The molecular weight excluding hydrogens is 454 g/mol. The van der Waals surface area contributed by atoms with E-state index in [2.05, 4.69) is 10.3 Å². The van der Waals surface area contributed by atoms with Gasteiger partial charge in [0.05, 0.1) is 13.1 Å². The van der Waals surface area contributed by atoms with E-state index in [0.29, 0.717) is 6.54 Å². The van der Waals surface area contributed by atoms with Crippen LogP contribution in [-0.2, 0) is 24.4 Å². The van der Waals surface area contributed by atoms with Crippen molar-refractivity contribution in [3.05, 3.63) is 128 Å². The number of hydrogen-bond donors (Lipinski definition) is 3. The zero-order chi connectivity index (χ0) is 25.5. The fourth-order valence-electron chi connectivity index (χ4n) is 4.06. The quantitative estimate of drug-likeness (QED) is 0.339. The topological polar surface area (TPSA) is 113 Å². The number of aromatic amines is 1. The van der Waals surface area contributed by atoms with Crippen molar-refractivity contribution in [2.24, 2.45) is 0 Å². The van der Waals surface area contributed by atoms with Gasteiger partial charge in [0.1, 0.15) is 11.5 Å². The maximum absolute atomic E-state index is 13.0. The Hall–Kier alpha value is -4.59. The van der Waals surface area contributed by atoms with E-state index in [4.69, 9.17) is 5.73 Å². The summed E-state index contributed by atoms with van der Waals surface area (Å²) in [5.74, 6) is -0.260. The molecule has 0 aliphatic heterocycles. The van der Waals surface area contributed by atoms with Crippen LogP contribution in [0.3, 0.4) is 0 Å². The van der Waals surface area contributed by atoms with E-state index in [1.165, 1.54) is 4.57 Å². The molecule has 4 N–H and O–H groups in total. The lowest BCUT2D eigenvalue weighted by molar-refractivity contribution is -0.119. The molecule has 0 radical (unpaired) electrons. The standard InChI is InChI=1S/C28H29N5O3/c1-20-10-8-9-15-23(20)16-30-24(34)19-32(17-21-11-4-2-5-12-21)25-26(29)33(28(36)31-27(25)35)18-22-13-6-3-7-14-22/h2-15H,16-19,29H2,1H3,(H,30,34)(H,31,35,36). The first kappa shape index (κ1) is 24.5. The highest BCUT2D eigenvalue weighted by Gasteiger charge is 2.22. The maximum Gasteiger partial charge on any atom is 0.330 e. The molecule has 0 saturated carbocycles. The summed E-state index contributed by atoms with van der Waals surface area (Å²) in [7, 11) is 0. The molecule has 0 saturated heterocycles. The second-order valence-electron chi connectivity index (χ2n) is 8.61. The van der Waals surface area contributed by atoms with Gasteiger partial charge in [-0.15, -0.1) is 0 Å². The minimum absolute atomic E-state index is 0.00948. The average Bonchev–Trinajstić information content (AvgIpc) is 2.87. The van der Waals surface area contributed by atoms with E-state index < -0.39 is 11.2 Å². The number of hydrogen-bond acceptors (Lipinski definition) is 5. The Kier molecular flexibility index (Phi) is 7.65. The molecule has 8 nitrogen and oxygen atoms in total. The number of nitrogens with zero attached hydrogens (tertiary/aromatic N) is 2. The summed E-state index contributed by atoms with van der Waals surface area (Å²) in [4.78, 5) is 42.6. The summed E-state index contributed by atoms with van der Waals surface area (Å²) >= 11 is 0. The first-order valence-electron chi connectivity index (χ1n) is 11.7. The molecule has 0 aliphatic carbocycles. The Morgan fingerprint density at radius 3 is 2.19 bits per heavy atom. The van der Waals surface area contributed by atoms with E-state index >= 15 is 0 Å². The van der Waals surface area contributed by atoms with Gasteiger partial charge in [0.15, 0.2) is 0 Å². The van der Waals surface area contributed by atoms with Gasteiger partial charge in [-0.25, -0.2) is 4.79 Å². The zero-order valence-electron chi connectivity index (χ0n) is 20.1. The minimum Gasteiger partial charge on any atom is -0.383 e. The molecule has 36 heavy (non-hydrogen) atoms. The summed E-state index contributed by atoms with van der Waals surface area (Å²) in [6.45, 7) is 2.68. The van der Waals surface area contributed by atoms with Crippen LogP contribution in [0.25, 0.3) is 0 Å². The van der Waals surface area contributed by atoms with Crippen LogP contribution in [0, 0.1) is 6.92 Å². The van der Waals surface area contributed by atoms with Gasteiger partial charge in [0.25, 0.3) is 5.56 Å². The number of carbonyl (C=O) groups excluding carboxylic acids is 1. The Labute approximate surface area is 209 Å². The van der Waals surface area contributed by atoms with Crippen molar-refractivity contribution >= 4 is 17.4 Å². The van der Waals surface area contributed by atoms with Crippen molar-refractivity contribution in [1.82, 2.24) is 14.9 Å². The lowest BCUT2D eigenvalue weighted by atomic mass is 10.1. The number of rotatable bonds is 9. The first-order chi connectivity index (χ1) is 17.4. The normalized spacial score (nSPS) is 10.7. The number of amides is 1. The lowest BCUT2D eigenvalue weighted by Crippen LogP contribution is -2.42. The maximum atomic E-state index is 13.0. The molecule has 0 fully saturated rings. The van der Waals surface area contributed by atoms with Crippen LogP contribution in [0.5, 0.6) is 0 Å². The molecule has 1 amide bonds. The molecule has 0 aliphatic rings. The minimum atomic E-state index is -0.635. The molecule has 1 aromatic heterocycles. The molecule has 3 aromatic carbocycles. The van der Waals surface area contributed by atoms with E-state index in [-0.39, 0.29) is 37.0 Å². The fourth-order valence-corrected chi connectivity index (χ4v) is 4.06. The van der Waals surface area contributed by atoms with Gasteiger partial charge in [0, 0.05) is 13.1 Å². The summed E-state index contributed by atoms with van der Waals surface area (Å²) in [6.07, 6.45) is 0. The Balaban J connectivity index is 1.65. The monoisotopic (exact) mass is 483 g/mol. The van der Waals surface area contributed by atoms with Crippen LogP contribution in [0.15, 0.2) is 94.5 Å². The third-order valence-electron chi connectivity index (χ3n) is 6.00. The SMILES string of the molecule is Cc1ccccc1CNC(=O)CN(Cc1ccccc1)c1c(N)n(Cc2ccccc2)c(=O)[nH]c1=O. The van der Waals surface area contributed by atoms with Gasteiger partial charge < -0.3 is 16.0 Å². The second kappa shape index (κ2) is 11.2. The van der Waals surface area contributed by atoms with E-state index in [1.807, 2.05) is 91.9 Å². The number of aromatic nitrogens is 2. The number of anilines is 2. The van der Waals surface area contributed by atoms with Crippen LogP contribution in [0.1, 0.15) is 22.3 Å². The fraction of sp³-hybridized carbons (Fsp3) is 0.179. The van der Waals surface area contributed by atoms with Gasteiger partial charge in [-0.1, -0.05) is 84.9 Å². The molecule has 4 aromatic rings. The van der Waals surface area contributed by atoms with Gasteiger partial charge in [-0.3, -0.25) is 19.1 Å². The van der Waals surface area contributed by atoms with Crippen molar-refractivity contribution in [3.8, 4) is 0 Å². The zero-order valence-corrected chi connectivity index (χ0v) is 20.1. The Morgan fingerprint density at radius 2 is 1.53 bits per heavy atom. The van der Waals surface area contributed by atoms with Gasteiger partial charge >= 0.3 is 5.69 Å². The van der Waals surface area contributed by atoms with Crippen LogP contribution < -0.4 is 27.2 Å². The van der Waals surface area contributed by atoms with Crippen molar-refractivity contribution in [2.45, 2.75) is 26.6 Å². The Bertz CT molecular complexity index is 1450. The van der Waals surface area contributed by atoms with E-state index in [0.717, 1.165) is 22.3 Å². The third-order valence-corrected chi connectivity index (χ3v) is 6.00. The first-order valence-corrected chi connectivity index (χ1v) is 11.7. The van der Waals surface area contributed by atoms with Crippen molar-refractivity contribution in [3.63, 3.8) is 0 Å². The number of aryl methyl sites for hydroxylation is 1. The third kappa shape index (κ3) is 5.90. The summed E-state index contributed by atoms with van der Waals surface area (Å²) in [6, 6.07) is 26.6. The number of carbonyl (C=O) groups is 1. The molecule has 0 bridgehead atoms. The Morgan fingerprint density at radius 1 is 0.917 bits per heavy atom. The molecule has 4 rings (SSSR count). The number of nitrogens with two attached hydrogens (primary N) is 1. The van der Waals surface area contributed by atoms with Crippen LogP contribution >= 0.6 is 0 Å². The predicted molar refractivity (Wildman–Crippen MR) is 142 cm³/mol. The summed E-state index contributed by atoms with van der Waals surface area (Å²) < 4.78 is 1.31. The number of nitrogens with one attached hydrogen (secondary N) is 2. The van der Waals surface area contributed by atoms with Crippen molar-refractivity contribution in [1.29, 1.82) is 0 Å². The number of benzene rings is 3. The van der Waals surface area contributed by atoms with E-state index in [1.54, 1.807) is 4.90 Å². The number of nitrogen functional groups attached to an aromatic ring is 1. The van der Waals surface area contributed by atoms with Crippen molar-refractivity contribution in [2.75, 3.05) is 17.2 Å². The predicted octanol–water partition coefficient (Wildman–Crippen LogP) is 2.80. The van der Waals surface area contributed by atoms with E-state index in [9.17, 15) is 14.4 Å². The molecule has 1 heterocycles. The second-order valence-corrected chi connectivity index (χ2v) is 8.61. The molecule has 0 unspecified atom stereocenters. The molecule has 184 valence electrons. The molecule has 0 atom stereocenters. The highest BCUT2D eigenvalue weighted by atomic mass is 16.2. The molecule has 8 heteroatoms. The average molecular weight is 484 g/mol. The summed E-state index contributed by atoms with van der Waals surface area (Å²) in [5, 5.41) is 2.93. The smallest absolute Gasteiger partial charge is 0.330 e. The highest BCUT2D eigenvalue weighted by Crippen LogP contribution is 2.20. The largest absolute Gasteiger partial charge is 0.383 e. The molecular formula is C28H29N5O3. The number of H-pyrrole nitrogens is 1. The van der Waals surface area contributed by atoms with Gasteiger partial charge in [-0.2, -0.15) is 0 Å². The van der Waals surface area contributed by atoms with Crippen LogP contribution in [-0.4, -0.2) is 22.0 Å². The summed E-state index contributed by atoms with van der Waals surface area (Å²) in [5.41, 5.74) is 9.10. The lowest BCUT2D eigenvalue weighted by Gasteiger charge is -2.26. The van der Waals surface area contributed by atoms with Gasteiger partial charge in [0.2, 0.25) is 5.91 Å². The van der Waals surface area contributed by atoms with Crippen molar-refractivity contribution < 1.29 is 4.79 Å². The highest BCUT2D eigenvalue weighted by molar-refractivity contribution is 5.82. The van der Waals surface area contributed by atoms with Crippen LogP contribution in [0.4, 0.5) is 11.5 Å². The van der Waals surface area contributed by atoms with Crippen LogP contribution in [0.2, 0.25) is 0 Å².